The van der Waals surface area contributed by atoms with Gasteiger partial charge < -0.3 is 19.3 Å². The number of allylic oxidation sites excluding steroid dienone is 1. The molecule has 13 heteroatoms. The van der Waals surface area contributed by atoms with E-state index in [2.05, 4.69) is 4.99 Å². The van der Waals surface area contributed by atoms with Gasteiger partial charge in [-0.15, -0.1) is 0 Å². The molecule has 9 nitrogen and oxygen atoms in total. The van der Waals surface area contributed by atoms with Gasteiger partial charge in [0.15, 0.2) is 17.1 Å². The standard InChI is InChI=1S/C30H23F3N2O7S/c1-3-41-28(39)24-25(23-19-10-5-4-8-17(19)11-12-20(23)40-2)35-27(38)21(43-29(35)34-26(24)30(31,32)33)14-16-7-6-9-18(13-16)42-15-22(36)37/h4-14,25H,3,15H2,1-2H3,(H,36,37)/b21-14-/t25-/m1/s1. The molecule has 1 aliphatic heterocycles. The fourth-order valence-corrected chi connectivity index (χ4v) is 5.84. The molecule has 0 aliphatic carbocycles. The molecular weight excluding hydrogens is 589 g/mol. The molecule has 0 spiro atoms. The van der Waals surface area contributed by atoms with Gasteiger partial charge in [-0.05, 0) is 47.5 Å². The number of esters is 1. The summed E-state index contributed by atoms with van der Waals surface area (Å²) in [6.45, 7) is 0.662. The Bertz CT molecular complexity index is 1960. The number of nitrogens with zero attached hydrogens (tertiary/aromatic N) is 2. The van der Waals surface area contributed by atoms with E-state index in [9.17, 15) is 27.6 Å². The number of methoxy groups -OCH3 is 1. The number of ether oxygens (including phenoxy) is 3. The van der Waals surface area contributed by atoms with E-state index in [-0.39, 0.29) is 33.0 Å². The fourth-order valence-electron chi connectivity index (χ4n) is 4.84. The third kappa shape index (κ3) is 5.75. The Morgan fingerprint density at radius 3 is 2.58 bits per heavy atom. The molecule has 0 radical (unpaired) electrons. The van der Waals surface area contributed by atoms with Gasteiger partial charge >= 0.3 is 18.1 Å². The summed E-state index contributed by atoms with van der Waals surface area (Å²) in [5.41, 5.74) is -2.43. The molecule has 0 amide bonds. The third-order valence-corrected chi connectivity index (χ3v) is 7.52. The van der Waals surface area contributed by atoms with Crippen LogP contribution >= 0.6 is 11.3 Å². The van der Waals surface area contributed by atoms with E-state index in [1.54, 1.807) is 48.5 Å². The van der Waals surface area contributed by atoms with Crippen LogP contribution in [0.1, 0.15) is 24.1 Å². The van der Waals surface area contributed by atoms with Gasteiger partial charge in [-0.1, -0.05) is 53.8 Å². The predicted molar refractivity (Wildman–Crippen MR) is 151 cm³/mol. The van der Waals surface area contributed by atoms with Crippen LogP contribution in [0.4, 0.5) is 13.2 Å². The number of aliphatic carboxylic acids is 1. The van der Waals surface area contributed by atoms with Crippen molar-refractivity contribution in [2.75, 3.05) is 20.3 Å². The molecule has 3 aromatic carbocycles. The SMILES string of the molecule is CCOC(=O)C1=C(C(F)(F)F)N=c2s/c(=C\c3cccc(OCC(=O)O)c3)c(=O)n2[C@@H]1c1c(OC)ccc2ccccc12. The molecule has 0 bridgehead atoms. The number of carboxylic acids is 1. The van der Waals surface area contributed by atoms with Crippen LogP contribution in [-0.4, -0.2) is 48.1 Å². The number of aromatic nitrogens is 1. The fraction of sp³-hybridized carbons (Fsp3) is 0.200. The smallest absolute Gasteiger partial charge is 0.434 e. The molecule has 5 rings (SSSR count). The van der Waals surface area contributed by atoms with Gasteiger partial charge in [0.2, 0.25) is 0 Å². The topological polar surface area (TPSA) is 116 Å². The molecule has 1 N–H and O–H groups in total. The van der Waals surface area contributed by atoms with Gasteiger partial charge in [-0.25, -0.2) is 14.6 Å². The summed E-state index contributed by atoms with van der Waals surface area (Å²) in [5, 5.41) is 10.0. The number of carbonyl (C=O) groups excluding carboxylic acids is 1. The number of carboxylic acid groups (broad SMARTS) is 1. The van der Waals surface area contributed by atoms with Gasteiger partial charge in [-0.2, -0.15) is 13.2 Å². The maximum atomic E-state index is 14.6. The quantitative estimate of drug-likeness (QED) is 0.300. The van der Waals surface area contributed by atoms with Gasteiger partial charge in [0, 0.05) is 5.56 Å². The van der Waals surface area contributed by atoms with Gasteiger partial charge in [-0.3, -0.25) is 9.36 Å². The van der Waals surface area contributed by atoms with E-state index < -0.39 is 47.6 Å². The van der Waals surface area contributed by atoms with Crippen LogP contribution in [0.15, 0.2) is 81.7 Å². The minimum Gasteiger partial charge on any atom is -0.496 e. The molecule has 0 saturated heterocycles. The predicted octanol–water partition coefficient (Wildman–Crippen LogP) is 3.97. The second-order valence-corrected chi connectivity index (χ2v) is 10.2. The lowest BCUT2D eigenvalue weighted by molar-refractivity contribution is -0.141. The number of halogens is 3. The lowest BCUT2D eigenvalue weighted by Gasteiger charge is -2.28. The molecule has 1 atom stereocenters. The first-order chi connectivity index (χ1) is 20.5. The highest BCUT2D eigenvalue weighted by Gasteiger charge is 2.46. The van der Waals surface area contributed by atoms with E-state index in [4.69, 9.17) is 19.3 Å². The monoisotopic (exact) mass is 612 g/mol. The number of benzene rings is 3. The zero-order valence-electron chi connectivity index (χ0n) is 22.7. The molecule has 2 heterocycles. The highest BCUT2D eigenvalue weighted by molar-refractivity contribution is 7.07. The van der Waals surface area contributed by atoms with Crippen molar-refractivity contribution in [3.8, 4) is 11.5 Å². The Morgan fingerprint density at radius 1 is 1.12 bits per heavy atom. The first kappa shape index (κ1) is 29.6. The number of fused-ring (bicyclic) bond motifs is 2. The van der Waals surface area contributed by atoms with Crippen LogP contribution in [0.3, 0.4) is 0 Å². The van der Waals surface area contributed by atoms with Crippen molar-refractivity contribution in [1.82, 2.24) is 4.57 Å². The second kappa shape index (κ2) is 11.8. The maximum absolute atomic E-state index is 14.6. The van der Waals surface area contributed by atoms with Crippen LogP contribution in [0.2, 0.25) is 0 Å². The number of carbonyl (C=O) groups is 2. The molecular formula is C30H23F3N2O7S. The first-order valence-corrected chi connectivity index (χ1v) is 13.7. The molecule has 0 unspecified atom stereocenters. The van der Waals surface area contributed by atoms with Crippen molar-refractivity contribution < 1.29 is 42.1 Å². The molecule has 0 saturated carbocycles. The summed E-state index contributed by atoms with van der Waals surface area (Å²) in [6.07, 6.45) is -3.64. The van der Waals surface area contributed by atoms with Gasteiger partial charge in [0.25, 0.3) is 5.56 Å². The number of thiazole rings is 1. The van der Waals surface area contributed by atoms with Crippen molar-refractivity contribution >= 4 is 40.1 Å². The van der Waals surface area contributed by atoms with Crippen LogP contribution in [-0.2, 0) is 14.3 Å². The number of hydrogen-bond acceptors (Lipinski definition) is 8. The van der Waals surface area contributed by atoms with E-state index in [1.807, 2.05) is 0 Å². The van der Waals surface area contributed by atoms with Crippen LogP contribution in [0, 0.1) is 0 Å². The molecule has 222 valence electrons. The molecule has 0 fully saturated rings. The first-order valence-electron chi connectivity index (χ1n) is 12.8. The number of alkyl halides is 3. The Labute approximate surface area is 245 Å². The van der Waals surface area contributed by atoms with Crippen molar-refractivity contribution in [1.29, 1.82) is 0 Å². The van der Waals surface area contributed by atoms with E-state index in [1.165, 1.54) is 32.2 Å². The average Bonchev–Trinajstić information content (AvgIpc) is 3.28. The average molecular weight is 613 g/mol. The summed E-state index contributed by atoms with van der Waals surface area (Å²) in [4.78, 5) is 41.7. The van der Waals surface area contributed by atoms with E-state index >= 15 is 0 Å². The van der Waals surface area contributed by atoms with Crippen molar-refractivity contribution in [3.63, 3.8) is 0 Å². The zero-order chi connectivity index (χ0) is 30.9. The normalized spacial score (nSPS) is 15.2. The lowest BCUT2D eigenvalue weighted by Crippen LogP contribution is -2.41. The zero-order valence-corrected chi connectivity index (χ0v) is 23.5. The Morgan fingerprint density at radius 2 is 1.88 bits per heavy atom. The summed E-state index contributed by atoms with van der Waals surface area (Å²) in [5.74, 6) is -2.07. The second-order valence-electron chi connectivity index (χ2n) is 9.22. The van der Waals surface area contributed by atoms with Crippen molar-refractivity contribution in [3.05, 3.63) is 103 Å². The number of rotatable bonds is 8. The third-order valence-electron chi connectivity index (χ3n) is 6.54. The summed E-state index contributed by atoms with van der Waals surface area (Å²) in [6, 6.07) is 14.7. The van der Waals surface area contributed by atoms with E-state index in [0.717, 1.165) is 4.57 Å². The van der Waals surface area contributed by atoms with E-state index in [0.29, 0.717) is 27.7 Å². The largest absolute Gasteiger partial charge is 0.496 e. The van der Waals surface area contributed by atoms with Crippen LogP contribution < -0.4 is 24.4 Å². The maximum Gasteiger partial charge on any atom is 0.434 e. The molecule has 1 aliphatic rings. The van der Waals surface area contributed by atoms with Crippen molar-refractivity contribution in [2.45, 2.75) is 19.1 Å². The van der Waals surface area contributed by atoms with Gasteiger partial charge in [0.1, 0.15) is 17.5 Å². The Balaban J connectivity index is 1.83. The number of hydrogen-bond donors (Lipinski definition) is 1. The highest BCUT2D eigenvalue weighted by Crippen LogP contribution is 2.43. The van der Waals surface area contributed by atoms with Crippen LogP contribution in [0.5, 0.6) is 11.5 Å². The highest BCUT2D eigenvalue weighted by atomic mass is 32.1. The van der Waals surface area contributed by atoms with Crippen LogP contribution in [0.25, 0.3) is 16.8 Å². The summed E-state index contributed by atoms with van der Waals surface area (Å²) >= 11 is 0.711. The minimum atomic E-state index is -5.07. The molecule has 4 aromatic rings. The minimum absolute atomic E-state index is 0.0185. The molecule has 1 aromatic heterocycles. The summed E-state index contributed by atoms with van der Waals surface area (Å²) in [7, 11) is 1.34. The lowest BCUT2D eigenvalue weighted by atomic mass is 9.90. The van der Waals surface area contributed by atoms with Crippen molar-refractivity contribution in [2.24, 2.45) is 4.99 Å². The van der Waals surface area contributed by atoms with Gasteiger partial charge in [0.05, 0.1) is 23.8 Å². The Hall–Kier alpha value is -4.91. The Kier molecular flexibility index (Phi) is 8.09. The molecule has 43 heavy (non-hydrogen) atoms. The summed E-state index contributed by atoms with van der Waals surface area (Å²) < 4.78 is 60.6.